The van der Waals surface area contributed by atoms with Gasteiger partial charge in [0.2, 0.25) is 0 Å². The number of amides is 1. The van der Waals surface area contributed by atoms with Crippen LogP contribution in [0, 0.1) is 5.82 Å². The topological polar surface area (TPSA) is 60.5 Å². The summed E-state index contributed by atoms with van der Waals surface area (Å²) in [5.41, 5.74) is 2.20. The summed E-state index contributed by atoms with van der Waals surface area (Å²) in [6.45, 7) is 0.445. The van der Waals surface area contributed by atoms with Crippen molar-refractivity contribution in [2.75, 3.05) is 20.8 Å². The van der Waals surface area contributed by atoms with Gasteiger partial charge in [0.05, 0.1) is 25.5 Å². The molecule has 0 atom stereocenters. The fourth-order valence-electron chi connectivity index (χ4n) is 2.53. The van der Waals surface area contributed by atoms with E-state index in [2.05, 4.69) is 10.3 Å². The van der Waals surface area contributed by atoms with Gasteiger partial charge in [-0.2, -0.15) is 0 Å². The molecule has 27 heavy (non-hydrogen) atoms. The summed E-state index contributed by atoms with van der Waals surface area (Å²) in [5, 5.41) is 5.64. The predicted octanol–water partition coefficient (Wildman–Crippen LogP) is 3.94. The smallest absolute Gasteiger partial charge is 0.255 e. The van der Waals surface area contributed by atoms with Crippen molar-refractivity contribution in [2.45, 2.75) is 6.42 Å². The van der Waals surface area contributed by atoms with E-state index >= 15 is 0 Å². The molecule has 5 nitrogen and oxygen atoms in total. The van der Waals surface area contributed by atoms with Gasteiger partial charge in [-0.1, -0.05) is 0 Å². The highest BCUT2D eigenvalue weighted by Crippen LogP contribution is 2.25. The first kappa shape index (κ1) is 18.8. The van der Waals surface area contributed by atoms with Gasteiger partial charge in [0.15, 0.2) is 0 Å². The average molecular weight is 386 g/mol. The van der Waals surface area contributed by atoms with Gasteiger partial charge in [0.1, 0.15) is 22.3 Å². The number of hydrogen-bond donors (Lipinski definition) is 1. The van der Waals surface area contributed by atoms with Gasteiger partial charge in [-0.3, -0.25) is 4.79 Å². The standard InChI is InChI=1S/C20H19FN2O3S/c1-25-16-7-8-17(18(11-16)26-2)19(24)22-10-9-15-12-27-20(23-15)13-3-5-14(21)6-4-13/h3-8,11-12H,9-10H2,1-2H3,(H,22,24). The lowest BCUT2D eigenvalue weighted by atomic mass is 10.1. The first-order chi connectivity index (χ1) is 13.1. The summed E-state index contributed by atoms with van der Waals surface area (Å²) in [4.78, 5) is 16.9. The van der Waals surface area contributed by atoms with E-state index in [1.54, 1.807) is 37.4 Å². The van der Waals surface area contributed by atoms with Crippen LogP contribution in [0.2, 0.25) is 0 Å². The number of methoxy groups -OCH3 is 2. The van der Waals surface area contributed by atoms with Crippen LogP contribution in [0.4, 0.5) is 4.39 Å². The third-order valence-corrected chi connectivity index (χ3v) is 4.90. The summed E-state index contributed by atoms with van der Waals surface area (Å²) in [6, 6.07) is 11.3. The number of carbonyl (C=O) groups is 1. The number of halogens is 1. The molecule has 0 spiro atoms. The van der Waals surface area contributed by atoms with E-state index in [0.717, 1.165) is 16.3 Å². The van der Waals surface area contributed by atoms with Crippen molar-refractivity contribution in [1.82, 2.24) is 10.3 Å². The van der Waals surface area contributed by atoms with Crippen LogP contribution in [-0.4, -0.2) is 31.7 Å². The lowest BCUT2D eigenvalue weighted by Crippen LogP contribution is -2.26. The van der Waals surface area contributed by atoms with Crippen LogP contribution < -0.4 is 14.8 Å². The van der Waals surface area contributed by atoms with Crippen molar-refractivity contribution in [3.63, 3.8) is 0 Å². The molecule has 7 heteroatoms. The lowest BCUT2D eigenvalue weighted by molar-refractivity contribution is 0.0951. The molecule has 3 aromatic rings. The van der Waals surface area contributed by atoms with Gasteiger partial charge >= 0.3 is 0 Å². The fraction of sp³-hybridized carbons (Fsp3) is 0.200. The second kappa shape index (κ2) is 8.64. The molecule has 0 aliphatic heterocycles. The van der Waals surface area contributed by atoms with Crippen LogP contribution in [0.1, 0.15) is 16.1 Å². The van der Waals surface area contributed by atoms with Crippen LogP contribution >= 0.6 is 11.3 Å². The van der Waals surface area contributed by atoms with E-state index in [0.29, 0.717) is 30.0 Å². The average Bonchev–Trinajstić information content (AvgIpc) is 3.16. The van der Waals surface area contributed by atoms with Gasteiger partial charge < -0.3 is 14.8 Å². The Kier molecular flexibility index (Phi) is 6.03. The second-order valence-corrected chi connectivity index (χ2v) is 6.58. The normalized spacial score (nSPS) is 10.5. The molecule has 0 bridgehead atoms. The molecule has 140 valence electrons. The van der Waals surface area contributed by atoms with Crippen LogP contribution in [0.25, 0.3) is 10.6 Å². The lowest BCUT2D eigenvalue weighted by Gasteiger charge is -2.10. The van der Waals surface area contributed by atoms with Gasteiger partial charge in [-0.15, -0.1) is 11.3 Å². The minimum absolute atomic E-state index is 0.219. The maximum Gasteiger partial charge on any atom is 0.255 e. The molecule has 3 rings (SSSR count). The monoisotopic (exact) mass is 386 g/mol. The Labute approximate surface area is 160 Å². The Bertz CT molecular complexity index is 925. The quantitative estimate of drug-likeness (QED) is 0.668. The van der Waals surface area contributed by atoms with Crippen molar-refractivity contribution in [3.8, 4) is 22.1 Å². The summed E-state index contributed by atoms with van der Waals surface area (Å²) < 4.78 is 23.4. The molecule has 0 aliphatic rings. The number of thiazole rings is 1. The Morgan fingerprint density at radius 1 is 1.15 bits per heavy atom. The third-order valence-electron chi connectivity index (χ3n) is 3.96. The molecule has 1 N–H and O–H groups in total. The summed E-state index contributed by atoms with van der Waals surface area (Å²) in [5.74, 6) is 0.592. The summed E-state index contributed by atoms with van der Waals surface area (Å²) in [6.07, 6.45) is 0.599. The van der Waals surface area contributed by atoms with Gasteiger partial charge in [0.25, 0.3) is 5.91 Å². The van der Waals surface area contributed by atoms with Gasteiger partial charge in [0, 0.05) is 30.0 Å². The summed E-state index contributed by atoms with van der Waals surface area (Å²) in [7, 11) is 3.07. The number of aromatic nitrogens is 1. The molecule has 0 radical (unpaired) electrons. The fourth-order valence-corrected chi connectivity index (χ4v) is 3.39. The van der Waals surface area contributed by atoms with Gasteiger partial charge in [-0.05, 0) is 36.4 Å². The number of nitrogens with one attached hydrogen (secondary N) is 1. The molecule has 1 amide bonds. The van der Waals surface area contributed by atoms with Crippen molar-refractivity contribution in [2.24, 2.45) is 0 Å². The molecule has 1 heterocycles. The molecule has 0 saturated carbocycles. The molecule has 0 unspecified atom stereocenters. The molecule has 0 fully saturated rings. The summed E-state index contributed by atoms with van der Waals surface area (Å²) >= 11 is 1.49. The van der Waals surface area contributed by atoms with Crippen molar-refractivity contribution in [1.29, 1.82) is 0 Å². The highest BCUT2D eigenvalue weighted by molar-refractivity contribution is 7.13. The zero-order chi connectivity index (χ0) is 19.2. The zero-order valence-electron chi connectivity index (χ0n) is 15.0. The maximum atomic E-state index is 13.0. The maximum absolute atomic E-state index is 13.0. The number of ether oxygens (including phenoxy) is 2. The van der Waals surface area contributed by atoms with Crippen molar-refractivity contribution in [3.05, 3.63) is 64.9 Å². The van der Waals surface area contributed by atoms with Crippen LogP contribution in [0.3, 0.4) is 0 Å². The first-order valence-corrected chi connectivity index (χ1v) is 9.19. The Balaban J connectivity index is 1.58. The number of hydrogen-bond acceptors (Lipinski definition) is 5. The number of rotatable bonds is 7. The highest BCUT2D eigenvalue weighted by atomic mass is 32.1. The molecule has 2 aromatic carbocycles. The molecule has 0 saturated heterocycles. The largest absolute Gasteiger partial charge is 0.497 e. The molecule has 0 aliphatic carbocycles. The van der Waals surface area contributed by atoms with E-state index in [9.17, 15) is 9.18 Å². The second-order valence-electron chi connectivity index (χ2n) is 5.72. The number of carbonyl (C=O) groups excluding carboxylic acids is 1. The van der Waals surface area contributed by atoms with E-state index in [1.165, 1.54) is 30.6 Å². The Morgan fingerprint density at radius 2 is 1.93 bits per heavy atom. The van der Waals surface area contributed by atoms with E-state index in [-0.39, 0.29) is 11.7 Å². The highest BCUT2D eigenvalue weighted by Gasteiger charge is 2.13. The van der Waals surface area contributed by atoms with Crippen molar-refractivity contribution >= 4 is 17.2 Å². The predicted molar refractivity (Wildman–Crippen MR) is 103 cm³/mol. The molecular formula is C20H19FN2O3S. The zero-order valence-corrected chi connectivity index (χ0v) is 15.8. The molecular weight excluding hydrogens is 367 g/mol. The van der Waals surface area contributed by atoms with E-state index in [4.69, 9.17) is 9.47 Å². The van der Waals surface area contributed by atoms with Crippen LogP contribution in [0.5, 0.6) is 11.5 Å². The Morgan fingerprint density at radius 3 is 2.63 bits per heavy atom. The third kappa shape index (κ3) is 4.62. The first-order valence-electron chi connectivity index (χ1n) is 8.31. The van der Waals surface area contributed by atoms with Crippen LogP contribution in [0.15, 0.2) is 47.8 Å². The Hall–Kier alpha value is -2.93. The van der Waals surface area contributed by atoms with Crippen molar-refractivity contribution < 1.29 is 18.7 Å². The molecule has 1 aromatic heterocycles. The number of nitrogens with zero attached hydrogens (tertiary/aromatic N) is 1. The minimum atomic E-state index is -0.271. The number of benzene rings is 2. The van der Waals surface area contributed by atoms with E-state index in [1.807, 2.05) is 5.38 Å². The van der Waals surface area contributed by atoms with Gasteiger partial charge in [-0.25, -0.2) is 9.37 Å². The SMILES string of the molecule is COc1ccc(C(=O)NCCc2csc(-c3ccc(F)cc3)n2)c(OC)c1. The minimum Gasteiger partial charge on any atom is -0.497 e. The van der Waals surface area contributed by atoms with Crippen LogP contribution in [-0.2, 0) is 6.42 Å². The van der Waals surface area contributed by atoms with E-state index < -0.39 is 0 Å².